The van der Waals surface area contributed by atoms with Crippen molar-refractivity contribution >= 4 is 34.8 Å². The van der Waals surface area contributed by atoms with Crippen molar-refractivity contribution in [3.8, 4) is 0 Å². The van der Waals surface area contributed by atoms with Crippen LogP contribution in [-0.4, -0.2) is 23.9 Å². The highest BCUT2D eigenvalue weighted by Gasteiger charge is 2.13. The summed E-state index contributed by atoms with van der Waals surface area (Å²) in [5, 5.41) is 3.95. The second-order valence-corrected chi connectivity index (χ2v) is 5.63. The van der Waals surface area contributed by atoms with Crippen molar-refractivity contribution in [2.24, 2.45) is 0 Å². The molecule has 1 amide bonds. The molecule has 0 aliphatic carbocycles. The molecule has 0 aliphatic rings. The summed E-state index contributed by atoms with van der Waals surface area (Å²) in [7, 11) is 0. The van der Waals surface area contributed by atoms with Crippen molar-refractivity contribution in [3.05, 3.63) is 64.1 Å². The van der Waals surface area contributed by atoms with Crippen LogP contribution in [0.3, 0.4) is 0 Å². The molecule has 5 heteroatoms. The molecule has 2 aromatic rings. The van der Waals surface area contributed by atoms with Gasteiger partial charge in [0.1, 0.15) is 0 Å². The third kappa shape index (κ3) is 4.39. The van der Waals surface area contributed by atoms with E-state index in [1.807, 2.05) is 37.3 Å². The molecule has 0 saturated carbocycles. The Kier molecular flexibility index (Phi) is 6.10. The van der Waals surface area contributed by atoms with Crippen LogP contribution in [-0.2, 0) is 11.3 Å². The first-order valence-corrected chi connectivity index (χ1v) is 7.87. The van der Waals surface area contributed by atoms with E-state index in [-0.39, 0.29) is 12.5 Å². The van der Waals surface area contributed by atoms with Gasteiger partial charge in [0.15, 0.2) is 0 Å². The lowest BCUT2D eigenvalue weighted by Gasteiger charge is -2.21. The first-order chi connectivity index (χ1) is 10.6. The minimum Gasteiger partial charge on any atom is -0.375 e. The smallest absolute Gasteiger partial charge is 0.242 e. The summed E-state index contributed by atoms with van der Waals surface area (Å²) in [6.45, 7) is 3.40. The number of rotatable bonds is 6. The molecule has 1 N–H and O–H groups in total. The fraction of sp³-hybridized carbons (Fsp3) is 0.235. The molecule has 0 aliphatic heterocycles. The fourth-order valence-electron chi connectivity index (χ4n) is 2.10. The van der Waals surface area contributed by atoms with E-state index in [2.05, 4.69) is 5.32 Å². The normalized spacial score (nSPS) is 10.3. The topological polar surface area (TPSA) is 32.3 Å². The third-order valence-electron chi connectivity index (χ3n) is 3.33. The minimum absolute atomic E-state index is 0.0161. The number of anilines is 1. The molecule has 0 spiro atoms. The van der Waals surface area contributed by atoms with Crippen LogP contribution >= 0.6 is 23.2 Å². The molecule has 0 bridgehead atoms. The Balaban J connectivity index is 1.96. The zero-order valence-corrected chi connectivity index (χ0v) is 13.9. The average Bonchev–Trinajstić information content (AvgIpc) is 2.54. The number of benzene rings is 2. The highest BCUT2D eigenvalue weighted by molar-refractivity contribution is 6.43. The molecule has 0 fully saturated rings. The zero-order chi connectivity index (χ0) is 15.9. The Labute approximate surface area is 140 Å². The summed E-state index contributed by atoms with van der Waals surface area (Å²) in [5.41, 5.74) is 1.77. The van der Waals surface area contributed by atoms with E-state index < -0.39 is 0 Å². The van der Waals surface area contributed by atoms with Crippen molar-refractivity contribution < 1.29 is 4.79 Å². The van der Waals surface area contributed by atoms with E-state index in [4.69, 9.17) is 23.2 Å². The summed E-state index contributed by atoms with van der Waals surface area (Å²) >= 11 is 12.1. The standard InChI is InChI=1S/C17H18Cl2N2O/c1-2-21(12-13-7-4-3-5-8-13)16(22)11-20-15-10-6-9-14(18)17(15)19/h3-10,20H,2,11-12H2,1H3. The van der Waals surface area contributed by atoms with Crippen LogP contribution in [0.2, 0.25) is 10.0 Å². The number of hydrogen-bond acceptors (Lipinski definition) is 2. The minimum atomic E-state index is 0.0161. The van der Waals surface area contributed by atoms with Gasteiger partial charge < -0.3 is 10.2 Å². The van der Waals surface area contributed by atoms with Gasteiger partial charge in [-0.1, -0.05) is 59.6 Å². The molecule has 116 valence electrons. The molecule has 2 aromatic carbocycles. The second-order valence-electron chi connectivity index (χ2n) is 4.85. The number of halogens is 2. The summed E-state index contributed by atoms with van der Waals surface area (Å²) in [6, 6.07) is 15.2. The molecule has 0 radical (unpaired) electrons. The highest BCUT2D eigenvalue weighted by atomic mass is 35.5. The van der Waals surface area contributed by atoms with E-state index in [1.54, 1.807) is 23.1 Å². The quantitative estimate of drug-likeness (QED) is 0.844. The highest BCUT2D eigenvalue weighted by Crippen LogP contribution is 2.29. The molecule has 0 saturated heterocycles. The second kappa shape index (κ2) is 8.06. The first-order valence-electron chi connectivity index (χ1n) is 7.11. The van der Waals surface area contributed by atoms with E-state index in [0.29, 0.717) is 28.8 Å². The largest absolute Gasteiger partial charge is 0.375 e. The number of carbonyl (C=O) groups is 1. The van der Waals surface area contributed by atoms with Crippen LogP contribution in [0.25, 0.3) is 0 Å². The van der Waals surface area contributed by atoms with Gasteiger partial charge in [-0.05, 0) is 24.6 Å². The monoisotopic (exact) mass is 336 g/mol. The van der Waals surface area contributed by atoms with Gasteiger partial charge in [0.25, 0.3) is 0 Å². The Bertz CT molecular complexity index is 632. The predicted molar refractivity (Wildman–Crippen MR) is 92.5 cm³/mol. The first kappa shape index (κ1) is 16.7. The molecule has 0 unspecified atom stereocenters. The SMILES string of the molecule is CCN(Cc1ccccc1)C(=O)CNc1cccc(Cl)c1Cl. The maximum Gasteiger partial charge on any atom is 0.242 e. The number of nitrogens with zero attached hydrogens (tertiary/aromatic N) is 1. The molecular formula is C17H18Cl2N2O. The van der Waals surface area contributed by atoms with Crippen LogP contribution in [0.15, 0.2) is 48.5 Å². The van der Waals surface area contributed by atoms with Crippen molar-refractivity contribution in [1.29, 1.82) is 0 Å². The molecule has 0 heterocycles. The predicted octanol–water partition coefficient (Wildman–Crippen LogP) is 4.45. The van der Waals surface area contributed by atoms with E-state index in [0.717, 1.165) is 5.56 Å². The lowest BCUT2D eigenvalue weighted by Crippen LogP contribution is -2.35. The lowest BCUT2D eigenvalue weighted by atomic mass is 10.2. The van der Waals surface area contributed by atoms with Crippen molar-refractivity contribution in [2.75, 3.05) is 18.4 Å². The van der Waals surface area contributed by atoms with Gasteiger partial charge in [0, 0.05) is 13.1 Å². The van der Waals surface area contributed by atoms with Crippen LogP contribution in [0.4, 0.5) is 5.69 Å². The number of nitrogens with one attached hydrogen (secondary N) is 1. The van der Waals surface area contributed by atoms with Gasteiger partial charge in [-0.25, -0.2) is 0 Å². The van der Waals surface area contributed by atoms with Gasteiger partial charge in [0.2, 0.25) is 5.91 Å². The molecular weight excluding hydrogens is 319 g/mol. The van der Waals surface area contributed by atoms with Gasteiger partial charge in [-0.15, -0.1) is 0 Å². The maximum absolute atomic E-state index is 12.3. The van der Waals surface area contributed by atoms with Gasteiger partial charge >= 0.3 is 0 Å². The summed E-state index contributed by atoms with van der Waals surface area (Å²) in [6.07, 6.45) is 0. The van der Waals surface area contributed by atoms with Gasteiger partial charge in [-0.2, -0.15) is 0 Å². The maximum atomic E-state index is 12.3. The number of amides is 1. The van der Waals surface area contributed by atoms with Crippen molar-refractivity contribution in [3.63, 3.8) is 0 Å². The summed E-state index contributed by atoms with van der Waals surface area (Å²) in [5.74, 6) is 0.0161. The Morgan fingerprint density at radius 1 is 1.09 bits per heavy atom. The van der Waals surface area contributed by atoms with Crippen LogP contribution in [0.1, 0.15) is 12.5 Å². The number of likely N-dealkylation sites (N-methyl/N-ethyl adjacent to an activating group) is 1. The lowest BCUT2D eigenvalue weighted by molar-refractivity contribution is -0.129. The molecule has 2 rings (SSSR count). The average molecular weight is 337 g/mol. The van der Waals surface area contributed by atoms with E-state index in [9.17, 15) is 4.79 Å². The Hall–Kier alpha value is -1.71. The summed E-state index contributed by atoms with van der Waals surface area (Å²) in [4.78, 5) is 14.1. The van der Waals surface area contributed by atoms with E-state index in [1.165, 1.54) is 0 Å². The Morgan fingerprint density at radius 3 is 2.50 bits per heavy atom. The molecule has 22 heavy (non-hydrogen) atoms. The van der Waals surface area contributed by atoms with Gasteiger partial charge in [0.05, 0.1) is 22.3 Å². The van der Waals surface area contributed by atoms with Crippen molar-refractivity contribution in [1.82, 2.24) is 4.90 Å². The number of hydrogen-bond donors (Lipinski definition) is 1. The van der Waals surface area contributed by atoms with E-state index >= 15 is 0 Å². The Morgan fingerprint density at radius 2 is 1.82 bits per heavy atom. The van der Waals surface area contributed by atoms with Crippen LogP contribution in [0, 0.1) is 0 Å². The molecule has 0 atom stereocenters. The molecule has 0 aromatic heterocycles. The van der Waals surface area contributed by atoms with Gasteiger partial charge in [-0.3, -0.25) is 4.79 Å². The third-order valence-corrected chi connectivity index (χ3v) is 4.15. The zero-order valence-electron chi connectivity index (χ0n) is 12.4. The van der Waals surface area contributed by atoms with Crippen molar-refractivity contribution in [2.45, 2.75) is 13.5 Å². The fourth-order valence-corrected chi connectivity index (χ4v) is 2.47. The summed E-state index contributed by atoms with van der Waals surface area (Å²) < 4.78 is 0. The molecule has 3 nitrogen and oxygen atoms in total. The van der Waals surface area contributed by atoms with Crippen LogP contribution < -0.4 is 5.32 Å². The number of carbonyl (C=O) groups excluding carboxylic acids is 1. The van der Waals surface area contributed by atoms with Crippen LogP contribution in [0.5, 0.6) is 0 Å².